The first-order chi connectivity index (χ1) is 14.7. The molecule has 2 aliphatic heterocycles. The fourth-order valence-electron chi connectivity index (χ4n) is 4.59. The number of hydrogen-bond acceptors (Lipinski definition) is 6. The highest BCUT2D eigenvalue weighted by Crippen LogP contribution is 2.38. The molecule has 0 N–H and O–H groups in total. The first-order valence-electron chi connectivity index (χ1n) is 11.0. The van der Waals surface area contributed by atoms with Gasteiger partial charge in [0.25, 0.3) is 0 Å². The normalized spacial score (nSPS) is 21.3. The molecule has 0 aromatic carbocycles. The second kappa shape index (κ2) is 7.19. The first kappa shape index (κ1) is 20.7. The average molecular weight is 423 g/mol. The van der Waals surface area contributed by atoms with E-state index < -0.39 is 18.3 Å². The van der Waals surface area contributed by atoms with E-state index in [9.17, 15) is 0 Å². The molecule has 0 unspecified atom stereocenters. The number of fused-ring (bicyclic) bond motifs is 1. The van der Waals surface area contributed by atoms with Gasteiger partial charge in [-0.05, 0) is 60.5 Å². The zero-order valence-corrected chi connectivity index (χ0v) is 19.2. The second-order valence-corrected chi connectivity index (χ2v) is 9.72. The van der Waals surface area contributed by atoms with Crippen LogP contribution in [0.3, 0.4) is 0 Å². The van der Waals surface area contributed by atoms with Crippen molar-refractivity contribution < 1.29 is 18.6 Å². The van der Waals surface area contributed by atoms with Crippen molar-refractivity contribution in [2.45, 2.75) is 71.6 Å². The summed E-state index contributed by atoms with van der Waals surface area (Å²) in [6, 6.07) is 2.52. The molecule has 3 aromatic rings. The lowest BCUT2D eigenvalue weighted by Gasteiger charge is -2.32. The van der Waals surface area contributed by atoms with Crippen molar-refractivity contribution in [1.82, 2.24) is 14.7 Å². The number of hydrogen-bond donors (Lipinski definition) is 0. The van der Waals surface area contributed by atoms with E-state index >= 15 is 0 Å². The van der Waals surface area contributed by atoms with Crippen LogP contribution in [0.2, 0.25) is 0 Å². The summed E-state index contributed by atoms with van der Waals surface area (Å²) < 4.78 is 26.1. The van der Waals surface area contributed by atoms with Crippen molar-refractivity contribution >= 4 is 23.6 Å². The fraction of sp³-hybridized carbons (Fsp3) is 0.565. The van der Waals surface area contributed by atoms with E-state index in [0.29, 0.717) is 6.04 Å². The van der Waals surface area contributed by atoms with Gasteiger partial charge in [-0.25, -0.2) is 4.98 Å². The van der Waals surface area contributed by atoms with Crippen molar-refractivity contribution in [1.29, 1.82) is 0 Å². The van der Waals surface area contributed by atoms with Crippen molar-refractivity contribution in [2.24, 2.45) is 0 Å². The molecule has 3 aromatic heterocycles. The molecular formula is C23H30BN3O4. The minimum atomic E-state index is -0.449. The molecule has 0 bridgehead atoms. The lowest BCUT2D eigenvalue weighted by Crippen LogP contribution is -2.41. The highest BCUT2D eigenvalue weighted by molar-refractivity contribution is 6.65. The Labute approximate surface area is 183 Å². The van der Waals surface area contributed by atoms with Crippen LogP contribution in [-0.2, 0) is 14.0 Å². The minimum Gasteiger partial charge on any atom is -0.399 e. The van der Waals surface area contributed by atoms with Gasteiger partial charge in [-0.3, -0.25) is 0 Å². The zero-order valence-electron chi connectivity index (χ0n) is 19.2. The number of aromatic nitrogens is 3. The van der Waals surface area contributed by atoms with Gasteiger partial charge in [0.05, 0.1) is 16.9 Å². The van der Waals surface area contributed by atoms with Crippen molar-refractivity contribution in [3.63, 3.8) is 0 Å². The van der Waals surface area contributed by atoms with Gasteiger partial charge in [0.1, 0.15) is 11.4 Å². The second-order valence-electron chi connectivity index (χ2n) is 9.72. The topological polar surface area (TPSA) is 71.5 Å². The highest BCUT2D eigenvalue weighted by atomic mass is 16.7. The largest absolute Gasteiger partial charge is 0.497 e. The molecule has 5 rings (SSSR count). The lowest BCUT2D eigenvalue weighted by molar-refractivity contribution is 0.00578. The highest BCUT2D eigenvalue weighted by Gasteiger charge is 2.52. The quantitative estimate of drug-likeness (QED) is 0.594. The van der Waals surface area contributed by atoms with Gasteiger partial charge >= 0.3 is 7.12 Å². The Morgan fingerprint density at radius 3 is 2.35 bits per heavy atom. The monoisotopic (exact) mass is 423 g/mol. The van der Waals surface area contributed by atoms with E-state index in [4.69, 9.17) is 23.6 Å². The third-order valence-electron chi connectivity index (χ3n) is 7.11. The number of rotatable bonds is 3. The van der Waals surface area contributed by atoms with Gasteiger partial charge in [0, 0.05) is 53.6 Å². The van der Waals surface area contributed by atoms with Gasteiger partial charge in [0.2, 0.25) is 0 Å². The van der Waals surface area contributed by atoms with Crippen LogP contribution >= 0.6 is 0 Å². The molecule has 8 heteroatoms. The van der Waals surface area contributed by atoms with Crippen LogP contribution in [0.15, 0.2) is 23.0 Å². The smallest absolute Gasteiger partial charge is 0.399 e. The molecular weight excluding hydrogens is 393 g/mol. The summed E-state index contributed by atoms with van der Waals surface area (Å²) in [5.41, 5.74) is 4.00. The number of nitrogens with zero attached hydrogens (tertiary/aromatic N) is 3. The Bertz CT molecular complexity index is 1090. The average Bonchev–Trinajstić information content (AvgIpc) is 3.33. The fourth-order valence-corrected chi connectivity index (χ4v) is 4.59. The van der Waals surface area contributed by atoms with Gasteiger partial charge in [-0.15, -0.1) is 0 Å². The summed E-state index contributed by atoms with van der Waals surface area (Å²) in [6.07, 6.45) is 6.03. The number of pyridine rings is 1. The van der Waals surface area contributed by atoms with Gasteiger partial charge in [-0.1, -0.05) is 5.16 Å². The summed E-state index contributed by atoms with van der Waals surface area (Å²) in [4.78, 5) is 4.90. The Kier molecular flexibility index (Phi) is 4.81. The standard InChI is InChI=1S/C23H30BN3O4/c1-14-20(15(2)29-26-14)16-11-18-19(24-30-22(3,4)23(5,6)31-24)13-27(21(18)25-12-16)17-7-9-28-10-8-17/h11-13,17H,7-10H2,1-6H3. The summed E-state index contributed by atoms with van der Waals surface area (Å²) in [6.45, 7) is 13.8. The molecule has 0 saturated carbocycles. The minimum absolute atomic E-state index is 0.352. The summed E-state index contributed by atoms with van der Waals surface area (Å²) in [7, 11) is -0.449. The maximum Gasteiger partial charge on any atom is 0.497 e. The molecule has 0 aliphatic carbocycles. The van der Waals surface area contributed by atoms with Crippen molar-refractivity contribution in [3.05, 3.63) is 29.9 Å². The third-order valence-corrected chi connectivity index (χ3v) is 7.11. The first-order valence-corrected chi connectivity index (χ1v) is 11.0. The maximum atomic E-state index is 6.42. The molecule has 5 heterocycles. The SMILES string of the molecule is Cc1noc(C)c1-c1cnc2c(c1)c(B1OC(C)(C)C(C)(C)O1)cn2C1CCOCC1. The van der Waals surface area contributed by atoms with Gasteiger partial charge in [-0.2, -0.15) is 0 Å². The van der Waals surface area contributed by atoms with Crippen LogP contribution in [0.1, 0.15) is 58.0 Å². The van der Waals surface area contributed by atoms with E-state index in [1.165, 1.54) is 0 Å². The van der Waals surface area contributed by atoms with E-state index in [0.717, 1.165) is 65.1 Å². The molecule has 7 nitrogen and oxygen atoms in total. The van der Waals surface area contributed by atoms with Crippen LogP contribution in [0.4, 0.5) is 0 Å². The summed E-state index contributed by atoms with van der Waals surface area (Å²) in [5, 5.41) is 5.16. The molecule has 0 spiro atoms. The van der Waals surface area contributed by atoms with Crippen LogP contribution in [0, 0.1) is 13.8 Å². The number of aryl methyl sites for hydroxylation is 2. The zero-order chi connectivity index (χ0) is 22.0. The molecule has 0 amide bonds. The van der Waals surface area contributed by atoms with Crippen molar-refractivity contribution in [2.75, 3.05) is 13.2 Å². The van der Waals surface area contributed by atoms with Gasteiger partial charge in [0.15, 0.2) is 0 Å². The molecule has 0 atom stereocenters. The molecule has 2 fully saturated rings. The van der Waals surface area contributed by atoms with Crippen LogP contribution in [0.25, 0.3) is 22.2 Å². The van der Waals surface area contributed by atoms with Crippen LogP contribution < -0.4 is 5.46 Å². The molecule has 164 valence electrons. The van der Waals surface area contributed by atoms with Crippen LogP contribution in [0.5, 0.6) is 0 Å². The van der Waals surface area contributed by atoms with E-state index in [1.807, 2.05) is 20.0 Å². The maximum absolute atomic E-state index is 6.42. The Hall–Kier alpha value is -2.16. The number of ether oxygens (including phenoxy) is 1. The molecule has 0 radical (unpaired) electrons. The Morgan fingerprint density at radius 1 is 1.06 bits per heavy atom. The van der Waals surface area contributed by atoms with Gasteiger partial charge < -0.3 is 23.1 Å². The van der Waals surface area contributed by atoms with E-state index in [2.05, 4.69) is 49.7 Å². The molecule has 2 aliphatic rings. The van der Waals surface area contributed by atoms with E-state index in [-0.39, 0.29) is 0 Å². The summed E-state index contributed by atoms with van der Waals surface area (Å²) >= 11 is 0. The van der Waals surface area contributed by atoms with Crippen molar-refractivity contribution in [3.8, 4) is 11.1 Å². The van der Waals surface area contributed by atoms with E-state index in [1.54, 1.807) is 0 Å². The summed E-state index contributed by atoms with van der Waals surface area (Å²) in [5.74, 6) is 0.791. The Morgan fingerprint density at radius 2 is 1.74 bits per heavy atom. The third kappa shape index (κ3) is 3.32. The predicted octanol–water partition coefficient (Wildman–Crippen LogP) is 3.96. The van der Waals surface area contributed by atoms with Crippen LogP contribution in [-0.4, -0.2) is 46.2 Å². The predicted molar refractivity (Wildman–Crippen MR) is 120 cm³/mol. The Balaban J connectivity index is 1.67. The molecule has 2 saturated heterocycles. The molecule has 31 heavy (non-hydrogen) atoms. The lowest BCUT2D eigenvalue weighted by atomic mass is 9.79.